The van der Waals surface area contributed by atoms with E-state index in [0.29, 0.717) is 16.1 Å². The summed E-state index contributed by atoms with van der Waals surface area (Å²) >= 11 is 1.33. The second-order valence-corrected chi connectivity index (χ2v) is 9.93. The summed E-state index contributed by atoms with van der Waals surface area (Å²) in [5.74, 6) is -1.07. The van der Waals surface area contributed by atoms with E-state index >= 15 is 0 Å². The van der Waals surface area contributed by atoms with Crippen molar-refractivity contribution in [3.63, 3.8) is 0 Å². The lowest BCUT2D eigenvalue weighted by atomic mass is 10.1. The van der Waals surface area contributed by atoms with Gasteiger partial charge < -0.3 is 15.5 Å². The maximum absolute atomic E-state index is 12.4. The minimum Gasteiger partial charge on any atom is -0.341 e. The van der Waals surface area contributed by atoms with Gasteiger partial charge in [-0.15, -0.1) is 11.3 Å². The lowest BCUT2D eigenvalue weighted by Gasteiger charge is -2.29. The number of benzene rings is 1. The summed E-state index contributed by atoms with van der Waals surface area (Å²) in [5.41, 5.74) is 0.901. The Balaban J connectivity index is 1.54. The minimum atomic E-state index is -3.08. The molecule has 1 atom stereocenters. The number of thiophene rings is 1. The summed E-state index contributed by atoms with van der Waals surface area (Å²) in [6.07, 6.45) is 0. The molecule has 0 saturated carbocycles. The average molecular weight is 436 g/mol. The van der Waals surface area contributed by atoms with Crippen LogP contribution in [0.5, 0.6) is 0 Å². The Morgan fingerprint density at radius 2 is 1.69 bits per heavy atom. The first kappa shape index (κ1) is 21.0. The van der Waals surface area contributed by atoms with Crippen LogP contribution in [0.1, 0.15) is 27.0 Å². The molecule has 1 unspecified atom stereocenters. The van der Waals surface area contributed by atoms with Crippen molar-refractivity contribution in [2.24, 2.45) is 0 Å². The topological polar surface area (TPSA) is 113 Å². The zero-order chi connectivity index (χ0) is 21.0. The smallest absolute Gasteiger partial charge is 0.265 e. The highest BCUT2D eigenvalue weighted by Gasteiger charge is 2.28. The molecule has 1 aromatic heterocycles. The van der Waals surface area contributed by atoms with Crippen LogP contribution < -0.4 is 10.6 Å². The van der Waals surface area contributed by atoms with Gasteiger partial charge in [0, 0.05) is 24.3 Å². The van der Waals surface area contributed by atoms with Gasteiger partial charge in [0.2, 0.25) is 5.91 Å². The maximum Gasteiger partial charge on any atom is 0.265 e. The first-order valence-electron chi connectivity index (χ1n) is 9.00. The number of anilines is 1. The van der Waals surface area contributed by atoms with Gasteiger partial charge >= 0.3 is 0 Å². The van der Waals surface area contributed by atoms with Crippen molar-refractivity contribution < 1.29 is 22.8 Å². The molecule has 1 aromatic carbocycles. The predicted octanol–water partition coefficient (Wildman–Crippen LogP) is 1.38. The van der Waals surface area contributed by atoms with Crippen LogP contribution in [0.25, 0.3) is 0 Å². The summed E-state index contributed by atoms with van der Waals surface area (Å²) in [6.45, 7) is 1.85. The molecular weight excluding hydrogens is 414 g/mol. The van der Waals surface area contributed by atoms with Crippen LogP contribution in [0.3, 0.4) is 0 Å². The molecule has 29 heavy (non-hydrogen) atoms. The van der Waals surface area contributed by atoms with Crippen LogP contribution in [0, 0.1) is 0 Å². The van der Waals surface area contributed by atoms with Crippen LogP contribution in [0.4, 0.5) is 5.69 Å². The minimum absolute atomic E-state index is 0.0575. The number of sulfone groups is 1. The van der Waals surface area contributed by atoms with E-state index in [0.717, 1.165) is 0 Å². The highest BCUT2D eigenvalue weighted by Crippen LogP contribution is 2.14. The molecule has 2 N–H and O–H groups in total. The average Bonchev–Trinajstić information content (AvgIpc) is 3.23. The molecule has 154 valence electrons. The third kappa shape index (κ3) is 5.42. The highest BCUT2D eigenvalue weighted by molar-refractivity contribution is 7.91. The fourth-order valence-electron chi connectivity index (χ4n) is 2.85. The van der Waals surface area contributed by atoms with E-state index in [2.05, 4.69) is 10.6 Å². The molecule has 3 rings (SSSR count). The Bertz CT molecular complexity index is 987. The van der Waals surface area contributed by atoms with E-state index < -0.39 is 21.8 Å². The van der Waals surface area contributed by atoms with Gasteiger partial charge in [-0.3, -0.25) is 14.4 Å². The van der Waals surface area contributed by atoms with Crippen LogP contribution in [-0.2, 0) is 14.6 Å². The van der Waals surface area contributed by atoms with Crippen molar-refractivity contribution >= 4 is 44.6 Å². The Hall–Kier alpha value is -2.72. The van der Waals surface area contributed by atoms with Gasteiger partial charge in [0.25, 0.3) is 11.8 Å². The standard InChI is InChI=1S/C19H21N3O5S2/c1-13(19(25)22-8-11-29(26,27)12-9-22)20-17(23)14-4-6-15(7-5-14)21-18(24)16-3-2-10-28-16/h2-7,10,13H,8-9,11-12H2,1H3,(H,20,23)(H,21,24). The van der Waals surface area contributed by atoms with Crippen molar-refractivity contribution in [3.05, 3.63) is 52.2 Å². The van der Waals surface area contributed by atoms with Crippen LogP contribution >= 0.6 is 11.3 Å². The number of amides is 3. The number of rotatable bonds is 5. The maximum atomic E-state index is 12.4. The van der Waals surface area contributed by atoms with Crippen LogP contribution in [0.2, 0.25) is 0 Å². The third-order valence-electron chi connectivity index (χ3n) is 4.52. The number of hydrogen-bond donors (Lipinski definition) is 2. The first-order chi connectivity index (χ1) is 13.7. The van der Waals surface area contributed by atoms with E-state index in [1.54, 1.807) is 43.3 Å². The fourth-order valence-corrected chi connectivity index (χ4v) is 4.67. The van der Waals surface area contributed by atoms with Crippen molar-refractivity contribution in [2.45, 2.75) is 13.0 Å². The zero-order valence-electron chi connectivity index (χ0n) is 15.8. The van der Waals surface area contributed by atoms with Gasteiger partial charge in [-0.05, 0) is 42.6 Å². The van der Waals surface area contributed by atoms with Gasteiger partial charge in [-0.2, -0.15) is 0 Å². The van der Waals surface area contributed by atoms with Crippen LogP contribution in [0.15, 0.2) is 41.8 Å². The molecule has 1 aliphatic rings. The summed E-state index contributed by atoms with van der Waals surface area (Å²) in [6, 6.07) is 9.08. The van der Waals surface area contributed by atoms with Crippen molar-refractivity contribution in [1.29, 1.82) is 0 Å². The number of nitrogens with one attached hydrogen (secondary N) is 2. The van der Waals surface area contributed by atoms with Crippen molar-refractivity contribution in [1.82, 2.24) is 10.2 Å². The van der Waals surface area contributed by atoms with E-state index in [9.17, 15) is 22.8 Å². The van der Waals surface area contributed by atoms with Crippen molar-refractivity contribution in [3.8, 4) is 0 Å². The molecule has 1 saturated heterocycles. The summed E-state index contributed by atoms with van der Waals surface area (Å²) in [4.78, 5) is 38.9. The normalized spacial score (nSPS) is 16.7. The Kier molecular flexibility index (Phi) is 6.33. The van der Waals surface area contributed by atoms with Crippen molar-refractivity contribution in [2.75, 3.05) is 29.9 Å². The van der Waals surface area contributed by atoms with Gasteiger partial charge in [0.15, 0.2) is 9.84 Å². The molecule has 0 bridgehead atoms. The van der Waals surface area contributed by atoms with Gasteiger partial charge in [-0.1, -0.05) is 6.07 Å². The molecular formula is C19H21N3O5S2. The molecule has 3 amide bonds. The highest BCUT2D eigenvalue weighted by atomic mass is 32.2. The molecule has 1 aliphatic heterocycles. The van der Waals surface area contributed by atoms with E-state index in [-0.39, 0.29) is 36.4 Å². The number of hydrogen-bond acceptors (Lipinski definition) is 6. The number of nitrogens with zero attached hydrogens (tertiary/aromatic N) is 1. The fraction of sp³-hybridized carbons (Fsp3) is 0.316. The molecule has 2 aromatic rings. The largest absolute Gasteiger partial charge is 0.341 e. The molecule has 0 aliphatic carbocycles. The Morgan fingerprint density at radius 1 is 1.03 bits per heavy atom. The zero-order valence-corrected chi connectivity index (χ0v) is 17.4. The Labute approximate surface area is 172 Å². The quantitative estimate of drug-likeness (QED) is 0.737. The number of carbonyl (C=O) groups excluding carboxylic acids is 3. The third-order valence-corrected chi connectivity index (χ3v) is 7.00. The number of carbonyl (C=O) groups is 3. The van der Waals surface area contributed by atoms with Gasteiger partial charge in [0.1, 0.15) is 6.04 Å². The summed E-state index contributed by atoms with van der Waals surface area (Å²) in [7, 11) is -3.08. The predicted molar refractivity (Wildman–Crippen MR) is 111 cm³/mol. The molecule has 8 nitrogen and oxygen atoms in total. The molecule has 2 heterocycles. The summed E-state index contributed by atoms with van der Waals surface area (Å²) < 4.78 is 23.0. The van der Waals surface area contributed by atoms with E-state index in [4.69, 9.17) is 0 Å². The SMILES string of the molecule is CC(NC(=O)c1ccc(NC(=O)c2cccs2)cc1)C(=O)N1CCS(=O)(=O)CC1. The lowest BCUT2D eigenvalue weighted by molar-refractivity contribution is -0.132. The molecule has 10 heteroatoms. The van der Waals surface area contributed by atoms with Gasteiger partial charge in [0.05, 0.1) is 16.4 Å². The second-order valence-electron chi connectivity index (χ2n) is 6.68. The summed E-state index contributed by atoms with van der Waals surface area (Å²) in [5, 5.41) is 7.19. The molecule has 0 spiro atoms. The van der Waals surface area contributed by atoms with Crippen LogP contribution in [-0.4, -0.2) is 61.7 Å². The molecule has 1 fully saturated rings. The first-order valence-corrected chi connectivity index (χ1v) is 11.7. The van der Waals surface area contributed by atoms with Gasteiger partial charge in [-0.25, -0.2) is 8.42 Å². The van der Waals surface area contributed by atoms with E-state index in [1.165, 1.54) is 16.2 Å². The lowest BCUT2D eigenvalue weighted by Crippen LogP contribution is -2.51. The van der Waals surface area contributed by atoms with E-state index in [1.807, 2.05) is 5.38 Å². The second kappa shape index (κ2) is 8.75. The molecule has 0 radical (unpaired) electrons. The Morgan fingerprint density at radius 3 is 2.28 bits per heavy atom. The monoisotopic (exact) mass is 435 g/mol.